The molecule has 1 aliphatic heterocycles. The minimum Gasteiger partial charge on any atom is -0.368 e. The molecule has 0 aliphatic carbocycles. The van der Waals surface area contributed by atoms with Gasteiger partial charge in [-0.05, 0) is 30.7 Å². The number of amides is 1. The SMILES string of the molecule is CC[C@H](C(=O)N1CCN(c2ccccc2)CC1)n1cnc2ccccc2c1=O. The number of rotatable bonds is 4. The minimum absolute atomic E-state index is 0.00519. The van der Waals surface area contributed by atoms with E-state index in [4.69, 9.17) is 0 Å². The topological polar surface area (TPSA) is 58.4 Å². The summed E-state index contributed by atoms with van der Waals surface area (Å²) >= 11 is 0. The van der Waals surface area contributed by atoms with E-state index in [2.05, 4.69) is 22.0 Å². The highest BCUT2D eigenvalue weighted by Gasteiger charge is 2.28. The van der Waals surface area contributed by atoms with Crippen molar-refractivity contribution in [3.63, 3.8) is 0 Å². The highest BCUT2D eigenvalue weighted by atomic mass is 16.2. The van der Waals surface area contributed by atoms with Crippen molar-refractivity contribution in [2.45, 2.75) is 19.4 Å². The Morgan fingerprint density at radius 3 is 2.39 bits per heavy atom. The number of nitrogens with zero attached hydrogens (tertiary/aromatic N) is 4. The monoisotopic (exact) mass is 376 g/mol. The van der Waals surface area contributed by atoms with Gasteiger partial charge in [0.25, 0.3) is 5.56 Å². The molecule has 0 spiro atoms. The van der Waals surface area contributed by atoms with Gasteiger partial charge in [-0.15, -0.1) is 0 Å². The standard InChI is InChI=1S/C22H24N4O2/c1-2-20(26-16-23-19-11-7-6-10-18(19)21(26)27)22(28)25-14-12-24(13-15-25)17-8-4-3-5-9-17/h3-11,16,20H,2,12-15H2,1H3/t20-/m1/s1. The molecule has 3 aromatic rings. The van der Waals surface area contributed by atoms with Gasteiger partial charge in [-0.1, -0.05) is 37.3 Å². The van der Waals surface area contributed by atoms with Crippen molar-refractivity contribution in [2.24, 2.45) is 0 Å². The van der Waals surface area contributed by atoms with Crippen LogP contribution in [0.4, 0.5) is 5.69 Å². The van der Waals surface area contributed by atoms with Crippen LogP contribution in [0.2, 0.25) is 0 Å². The predicted octanol–water partition coefficient (Wildman–Crippen LogP) is 2.70. The molecule has 2 aromatic carbocycles. The average Bonchev–Trinajstić information content (AvgIpc) is 2.76. The Bertz CT molecular complexity index is 1020. The molecule has 1 amide bonds. The third-order valence-corrected chi connectivity index (χ3v) is 5.41. The molecule has 1 fully saturated rings. The maximum atomic E-state index is 13.2. The number of para-hydroxylation sites is 2. The van der Waals surface area contributed by atoms with Gasteiger partial charge in [0.15, 0.2) is 0 Å². The van der Waals surface area contributed by atoms with Crippen LogP contribution in [0.15, 0.2) is 65.7 Å². The van der Waals surface area contributed by atoms with E-state index in [1.165, 1.54) is 16.6 Å². The molecule has 4 rings (SSSR count). The number of aromatic nitrogens is 2. The summed E-state index contributed by atoms with van der Waals surface area (Å²) in [7, 11) is 0. The molecule has 1 atom stereocenters. The molecule has 0 bridgehead atoms. The van der Waals surface area contributed by atoms with E-state index in [-0.39, 0.29) is 11.5 Å². The van der Waals surface area contributed by atoms with E-state index in [0.29, 0.717) is 30.4 Å². The Morgan fingerprint density at radius 1 is 1.00 bits per heavy atom. The van der Waals surface area contributed by atoms with E-state index in [1.54, 1.807) is 6.07 Å². The molecule has 28 heavy (non-hydrogen) atoms. The molecule has 6 nitrogen and oxygen atoms in total. The second-order valence-corrected chi connectivity index (χ2v) is 7.05. The molecular weight excluding hydrogens is 352 g/mol. The first kappa shape index (κ1) is 18.2. The van der Waals surface area contributed by atoms with Crippen LogP contribution in [-0.4, -0.2) is 46.5 Å². The maximum absolute atomic E-state index is 13.2. The second-order valence-electron chi connectivity index (χ2n) is 7.05. The zero-order chi connectivity index (χ0) is 19.5. The summed E-state index contributed by atoms with van der Waals surface area (Å²) in [6.45, 7) is 4.82. The first-order chi connectivity index (χ1) is 13.7. The van der Waals surface area contributed by atoms with Crippen LogP contribution < -0.4 is 10.5 Å². The summed E-state index contributed by atoms with van der Waals surface area (Å²) in [5.41, 5.74) is 1.67. The lowest BCUT2D eigenvalue weighted by Crippen LogP contribution is -2.51. The van der Waals surface area contributed by atoms with E-state index in [9.17, 15) is 9.59 Å². The zero-order valence-electron chi connectivity index (χ0n) is 16.0. The van der Waals surface area contributed by atoms with Crippen molar-refractivity contribution in [3.8, 4) is 0 Å². The molecule has 0 saturated carbocycles. The zero-order valence-corrected chi connectivity index (χ0v) is 16.0. The van der Waals surface area contributed by atoms with Gasteiger partial charge in [-0.3, -0.25) is 14.2 Å². The van der Waals surface area contributed by atoms with Crippen molar-refractivity contribution in [1.29, 1.82) is 0 Å². The van der Waals surface area contributed by atoms with Crippen LogP contribution in [0.5, 0.6) is 0 Å². The lowest BCUT2D eigenvalue weighted by atomic mass is 10.1. The molecular formula is C22H24N4O2. The van der Waals surface area contributed by atoms with Gasteiger partial charge in [-0.25, -0.2) is 4.98 Å². The molecule has 0 N–H and O–H groups in total. The minimum atomic E-state index is -0.520. The van der Waals surface area contributed by atoms with Crippen molar-refractivity contribution in [3.05, 3.63) is 71.3 Å². The Balaban J connectivity index is 1.52. The van der Waals surface area contributed by atoms with E-state index >= 15 is 0 Å². The fourth-order valence-electron chi connectivity index (χ4n) is 3.83. The molecule has 0 unspecified atom stereocenters. The van der Waals surface area contributed by atoms with Crippen molar-refractivity contribution < 1.29 is 4.79 Å². The number of hydrogen-bond acceptors (Lipinski definition) is 4. The van der Waals surface area contributed by atoms with E-state index in [1.807, 2.05) is 48.2 Å². The molecule has 0 radical (unpaired) electrons. The van der Waals surface area contributed by atoms with Crippen LogP contribution in [0.3, 0.4) is 0 Å². The lowest BCUT2D eigenvalue weighted by molar-refractivity contribution is -0.135. The van der Waals surface area contributed by atoms with Crippen LogP contribution >= 0.6 is 0 Å². The Labute approximate surface area is 164 Å². The van der Waals surface area contributed by atoms with Crippen molar-refractivity contribution >= 4 is 22.5 Å². The Kier molecular flexibility index (Phi) is 5.10. The molecule has 2 heterocycles. The first-order valence-electron chi connectivity index (χ1n) is 9.73. The summed E-state index contributed by atoms with van der Waals surface area (Å²) in [6.07, 6.45) is 2.06. The third kappa shape index (κ3) is 3.38. The number of benzene rings is 2. The van der Waals surface area contributed by atoms with Gasteiger partial charge >= 0.3 is 0 Å². The highest BCUT2D eigenvalue weighted by molar-refractivity contribution is 5.82. The average molecular weight is 376 g/mol. The van der Waals surface area contributed by atoms with Gasteiger partial charge in [0.05, 0.1) is 17.2 Å². The summed E-state index contributed by atoms with van der Waals surface area (Å²) in [5.74, 6) is -0.00519. The highest BCUT2D eigenvalue weighted by Crippen LogP contribution is 2.19. The largest absolute Gasteiger partial charge is 0.368 e. The van der Waals surface area contributed by atoms with Crippen molar-refractivity contribution in [1.82, 2.24) is 14.5 Å². The fraction of sp³-hybridized carbons (Fsp3) is 0.318. The van der Waals surface area contributed by atoms with Crippen LogP contribution in [0, 0.1) is 0 Å². The molecule has 144 valence electrons. The van der Waals surface area contributed by atoms with Gasteiger partial charge in [0.2, 0.25) is 5.91 Å². The third-order valence-electron chi connectivity index (χ3n) is 5.41. The Morgan fingerprint density at radius 2 is 1.68 bits per heavy atom. The van der Waals surface area contributed by atoms with Crippen LogP contribution in [-0.2, 0) is 4.79 Å². The summed E-state index contributed by atoms with van der Waals surface area (Å²) < 4.78 is 1.49. The number of piperazine rings is 1. The fourth-order valence-corrected chi connectivity index (χ4v) is 3.83. The normalized spacial score (nSPS) is 15.6. The van der Waals surface area contributed by atoms with Gasteiger partial charge in [0.1, 0.15) is 6.04 Å². The number of hydrogen-bond donors (Lipinski definition) is 0. The van der Waals surface area contributed by atoms with Gasteiger partial charge in [0, 0.05) is 31.9 Å². The van der Waals surface area contributed by atoms with Crippen LogP contribution in [0.25, 0.3) is 10.9 Å². The maximum Gasteiger partial charge on any atom is 0.261 e. The van der Waals surface area contributed by atoms with E-state index < -0.39 is 6.04 Å². The number of carbonyl (C=O) groups is 1. The molecule has 1 saturated heterocycles. The number of carbonyl (C=O) groups excluding carboxylic acids is 1. The first-order valence-corrected chi connectivity index (χ1v) is 9.73. The van der Waals surface area contributed by atoms with Crippen LogP contribution in [0.1, 0.15) is 19.4 Å². The van der Waals surface area contributed by atoms with E-state index in [0.717, 1.165) is 13.1 Å². The smallest absolute Gasteiger partial charge is 0.261 e. The van der Waals surface area contributed by atoms with Crippen molar-refractivity contribution in [2.75, 3.05) is 31.1 Å². The Hall–Kier alpha value is -3.15. The van der Waals surface area contributed by atoms with Gasteiger partial charge in [-0.2, -0.15) is 0 Å². The lowest BCUT2D eigenvalue weighted by Gasteiger charge is -2.37. The van der Waals surface area contributed by atoms with Gasteiger partial charge < -0.3 is 9.80 Å². The molecule has 6 heteroatoms. The number of fused-ring (bicyclic) bond motifs is 1. The quantitative estimate of drug-likeness (QED) is 0.703. The predicted molar refractivity (Wildman–Crippen MR) is 111 cm³/mol. The summed E-state index contributed by atoms with van der Waals surface area (Å²) in [4.78, 5) is 34.6. The number of anilines is 1. The second kappa shape index (κ2) is 7.84. The molecule has 1 aromatic heterocycles. The summed E-state index contributed by atoms with van der Waals surface area (Å²) in [6, 6.07) is 17.0. The summed E-state index contributed by atoms with van der Waals surface area (Å²) in [5, 5.41) is 0.546. The molecule has 1 aliphatic rings.